The highest BCUT2D eigenvalue weighted by Gasteiger charge is 2.43. The van der Waals surface area contributed by atoms with Crippen LogP contribution in [0.4, 0.5) is 5.13 Å². The third kappa shape index (κ3) is 5.19. The van der Waals surface area contributed by atoms with E-state index < -0.39 is 5.41 Å². The van der Waals surface area contributed by atoms with Gasteiger partial charge in [-0.25, -0.2) is 4.98 Å². The average molecular weight is 430 g/mol. The molecule has 0 unspecified atom stereocenters. The maximum Gasteiger partial charge on any atom is 0.232 e. The van der Waals surface area contributed by atoms with Gasteiger partial charge >= 0.3 is 0 Å². The third-order valence-corrected chi connectivity index (χ3v) is 6.32. The first-order valence-corrected chi connectivity index (χ1v) is 11.2. The lowest BCUT2D eigenvalue weighted by Gasteiger charge is -2.29. The molecule has 162 valence electrons. The Morgan fingerprint density at radius 1 is 1.17 bits per heavy atom. The lowest BCUT2D eigenvalue weighted by molar-refractivity contribution is -0.133. The third-order valence-electron chi connectivity index (χ3n) is 5.44. The van der Waals surface area contributed by atoms with Crippen LogP contribution in [0.15, 0.2) is 24.3 Å². The number of anilines is 1. The first kappa shape index (κ1) is 22.3. The highest BCUT2D eigenvalue weighted by Crippen LogP contribution is 2.43. The Labute approximate surface area is 182 Å². The van der Waals surface area contributed by atoms with Crippen LogP contribution in [0.2, 0.25) is 0 Å². The van der Waals surface area contributed by atoms with E-state index in [0.717, 1.165) is 47.6 Å². The lowest BCUT2D eigenvalue weighted by atomic mass is 9.81. The Morgan fingerprint density at radius 3 is 2.37 bits per heavy atom. The second-order valence-electron chi connectivity index (χ2n) is 9.07. The summed E-state index contributed by atoms with van der Waals surface area (Å²) in [6, 6.07) is 7.71. The molecule has 6 nitrogen and oxygen atoms in total. The molecule has 2 N–H and O–H groups in total. The molecule has 1 aliphatic rings. The summed E-state index contributed by atoms with van der Waals surface area (Å²) >= 11 is 1.46. The normalized spacial score (nSPS) is 15.6. The number of amides is 2. The summed E-state index contributed by atoms with van der Waals surface area (Å²) in [7, 11) is 1.64. The van der Waals surface area contributed by atoms with Gasteiger partial charge in [-0.2, -0.15) is 0 Å². The van der Waals surface area contributed by atoms with Crippen molar-refractivity contribution >= 4 is 28.3 Å². The van der Waals surface area contributed by atoms with E-state index in [2.05, 4.69) is 15.6 Å². The molecule has 0 atom stereocenters. The van der Waals surface area contributed by atoms with Crippen molar-refractivity contribution in [3.8, 4) is 17.0 Å². The summed E-state index contributed by atoms with van der Waals surface area (Å²) < 4.78 is 5.22. The second kappa shape index (κ2) is 8.76. The lowest BCUT2D eigenvalue weighted by Crippen LogP contribution is -2.45. The van der Waals surface area contributed by atoms with E-state index in [0.29, 0.717) is 5.13 Å². The van der Waals surface area contributed by atoms with Gasteiger partial charge in [-0.15, -0.1) is 11.3 Å². The molecule has 1 heterocycles. The smallest absolute Gasteiger partial charge is 0.232 e. The minimum atomic E-state index is -0.658. The van der Waals surface area contributed by atoms with Crippen LogP contribution in [0.3, 0.4) is 0 Å². The van der Waals surface area contributed by atoms with E-state index in [1.807, 2.05) is 52.0 Å². The van der Waals surface area contributed by atoms with Crippen LogP contribution in [0.5, 0.6) is 5.75 Å². The zero-order chi connectivity index (χ0) is 21.9. The fourth-order valence-corrected chi connectivity index (χ4v) is 4.83. The van der Waals surface area contributed by atoms with Crippen LogP contribution in [0, 0.1) is 12.3 Å². The molecule has 0 aliphatic heterocycles. The standard InChI is InChI=1S/C23H31N3O3S/c1-15-19(16-8-10-17(29-5)11-9-16)24-21(30-15)25-20(28)23(12-6-7-13-23)14-18(27)26-22(2,3)4/h8-11H,6-7,12-14H2,1-5H3,(H,26,27)(H,24,25,28). The number of thiazole rings is 1. The van der Waals surface area contributed by atoms with Gasteiger partial charge in [0, 0.05) is 22.4 Å². The summed E-state index contributed by atoms with van der Waals surface area (Å²) in [5, 5.41) is 6.58. The Balaban J connectivity index is 1.75. The van der Waals surface area contributed by atoms with Crippen LogP contribution in [-0.2, 0) is 9.59 Å². The molecule has 0 spiro atoms. The van der Waals surface area contributed by atoms with Gasteiger partial charge in [0.1, 0.15) is 5.75 Å². The monoisotopic (exact) mass is 429 g/mol. The van der Waals surface area contributed by atoms with Gasteiger partial charge in [-0.1, -0.05) is 12.8 Å². The summed E-state index contributed by atoms with van der Waals surface area (Å²) in [4.78, 5) is 31.5. The summed E-state index contributed by atoms with van der Waals surface area (Å²) in [6.07, 6.45) is 3.60. The Bertz CT molecular complexity index is 907. The molecule has 2 aromatic rings. The SMILES string of the molecule is COc1ccc(-c2nc(NC(=O)C3(CC(=O)NC(C)(C)C)CCCC3)sc2C)cc1. The molecule has 3 rings (SSSR count). The molecule has 30 heavy (non-hydrogen) atoms. The largest absolute Gasteiger partial charge is 0.497 e. The molecule has 1 fully saturated rings. The van der Waals surface area contributed by atoms with Crippen molar-refractivity contribution in [1.82, 2.24) is 10.3 Å². The summed E-state index contributed by atoms with van der Waals surface area (Å²) in [5.74, 6) is 0.616. The minimum absolute atomic E-state index is 0.0752. The number of nitrogens with zero attached hydrogens (tertiary/aromatic N) is 1. The van der Waals surface area contributed by atoms with Crippen LogP contribution < -0.4 is 15.4 Å². The van der Waals surface area contributed by atoms with Crippen LogP contribution in [-0.4, -0.2) is 29.4 Å². The molecule has 0 radical (unpaired) electrons. The predicted molar refractivity (Wildman–Crippen MR) is 121 cm³/mol. The highest BCUT2D eigenvalue weighted by molar-refractivity contribution is 7.16. The average Bonchev–Trinajstić information content (AvgIpc) is 3.27. The van der Waals surface area contributed by atoms with Crippen LogP contribution in [0.1, 0.15) is 57.8 Å². The predicted octanol–water partition coefficient (Wildman–Crippen LogP) is 4.93. The topological polar surface area (TPSA) is 80.3 Å². The molecule has 1 aliphatic carbocycles. The van der Waals surface area contributed by atoms with Crippen LogP contribution in [0.25, 0.3) is 11.3 Å². The van der Waals surface area contributed by atoms with Crippen molar-refractivity contribution in [2.75, 3.05) is 12.4 Å². The molecule has 7 heteroatoms. The zero-order valence-corrected chi connectivity index (χ0v) is 19.2. The number of nitrogens with one attached hydrogen (secondary N) is 2. The highest BCUT2D eigenvalue weighted by atomic mass is 32.1. The molecular formula is C23H31N3O3S. The Hall–Kier alpha value is -2.41. The van der Waals surface area contributed by atoms with Crippen LogP contribution >= 0.6 is 11.3 Å². The first-order valence-electron chi connectivity index (χ1n) is 10.4. The number of aryl methyl sites for hydroxylation is 1. The van der Waals surface area contributed by atoms with E-state index in [1.54, 1.807) is 7.11 Å². The summed E-state index contributed by atoms with van der Waals surface area (Å²) in [5.41, 5.74) is 0.858. The van der Waals surface area contributed by atoms with Gasteiger partial charge in [0.15, 0.2) is 5.13 Å². The molecule has 1 aromatic carbocycles. The maximum absolute atomic E-state index is 13.2. The quantitative estimate of drug-likeness (QED) is 0.682. The van der Waals surface area contributed by atoms with Gasteiger partial charge in [-0.05, 0) is 64.8 Å². The van der Waals surface area contributed by atoms with E-state index in [-0.39, 0.29) is 23.8 Å². The van der Waals surface area contributed by atoms with Gasteiger partial charge in [0.2, 0.25) is 11.8 Å². The number of rotatable bonds is 6. The van der Waals surface area contributed by atoms with Crippen molar-refractivity contribution in [3.05, 3.63) is 29.1 Å². The zero-order valence-electron chi connectivity index (χ0n) is 18.4. The summed E-state index contributed by atoms with van der Waals surface area (Å²) in [6.45, 7) is 7.84. The van der Waals surface area contributed by atoms with E-state index in [4.69, 9.17) is 4.74 Å². The maximum atomic E-state index is 13.2. The molecule has 1 saturated carbocycles. The number of methoxy groups -OCH3 is 1. The molecule has 2 amide bonds. The fraction of sp³-hybridized carbons (Fsp3) is 0.522. The van der Waals surface area contributed by atoms with Crippen molar-refractivity contribution in [2.45, 2.75) is 65.3 Å². The molecule has 0 bridgehead atoms. The number of ether oxygens (including phenoxy) is 1. The fourth-order valence-electron chi connectivity index (χ4n) is 4.00. The van der Waals surface area contributed by atoms with Crippen molar-refractivity contribution in [3.63, 3.8) is 0 Å². The van der Waals surface area contributed by atoms with E-state index >= 15 is 0 Å². The number of aromatic nitrogens is 1. The molecular weight excluding hydrogens is 398 g/mol. The number of hydrogen-bond acceptors (Lipinski definition) is 5. The van der Waals surface area contributed by atoms with Crippen molar-refractivity contribution in [1.29, 1.82) is 0 Å². The van der Waals surface area contributed by atoms with E-state index in [1.165, 1.54) is 11.3 Å². The number of hydrogen-bond donors (Lipinski definition) is 2. The first-order chi connectivity index (χ1) is 14.1. The van der Waals surface area contributed by atoms with Gasteiger partial charge in [0.25, 0.3) is 0 Å². The van der Waals surface area contributed by atoms with Gasteiger partial charge < -0.3 is 15.4 Å². The molecule has 0 saturated heterocycles. The number of carbonyl (C=O) groups is 2. The van der Waals surface area contributed by atoms with Crippen molar-refractivity contribution in [2.24, 2.45) is 5.41 Å². The van der Waals surface area contributed by atoms with Gasteiger partial charge in [-0.3, -0.25) is 9.59 Å². The van der Waals surface area contributed by atoms with Gasteiger partial charge in [0.05, 0.1) is 18.2 Å². The second-order valence-corrected chi connectivity index (χ2v) is 10.3. The Morgan fingerprint density at radius 2 is 1.80 bits per heavy atom. The number of benzene rings is 1. The molecule has 1 aromatic heterocycles. The van der Waals surface area contributed by atoms with Crippen molar-refractivity contribution < 1.29 is 14.3 Å². The number of carbonyl (C=O) groups excluding carboxylic acids is 2. The minimum Gasteiger partial charge on any atom is -0.497 e. The Kier molecular flexibility index (Phi) is 6.50. The van der Waals surface area contributed by atoms with E-state index in [9.17, 15) is 9.59 Å².